The molecule has 0 unspecified atom stereocenters. The van der Waals surface area contributed by atoms with Gasteiger partial charge in [0, 0.05) is 28.0 Å². The maximum absolute atomic E-state index is 12.7. The van der Waals surface area contributed by atoms with E-state index < -0.39 is 0 Å². The van der Waals surface area contributed by atoms with Crippen LogP contribution >= 0.6 is 15.9 Å². The van der Waals surface area contributed by atoms with E-state index in [1.807, 2.05) is 49.5 Å². The molecule has 3 nitrogen and oxygen atoms in total. The van der Waals surface area contributed by atoms with Crippen LogP contribution in [0, 0.1) is 0 Å². The molecule has 3 aromatic rings. The molecule has 0 saturated heterocycles. The number of hydrogen-bond donors (Lipinski definition) is 1. The monoisotopic (exact) mass is 338 g/mol. The van der Waals surface area contributed by atoms with Crippen molar-refractivity contribution >= 4 is 38.3 Å². The minimum atomic E-state index is 0.0410. The van der Waals surface area contributed by atoms with Crippen molar-refractivity contribution in [2.45, 2.75) is 0 Å². The summed E-state index contributed by atoms with van der Waals surface area (Å²) in [5.74, 6) is 0.0410. The Balaban J connectivity index is 2.17. The zero-order chi connectivity index (χ0) is 14.6. The van der Waals surface area contributed by atoms with Crippen molar-refractivity contribution in [3.8, 4) is 11.3 Å². The van der Waals surface area contributed by atoms with Crippen molar-refractivity contribution in [1.82, 2.24) is 4.98 Å². The van der Waals surface area contributed by atoms with Gasteiger partial charge in [-0.2, -0.15) is 0 Å². The van der Waals surface area contributed by atoms with E-state index in [9.17, 15) is 4.79 Å². The number of rotatable bonds is 1. The van der Waals surface area contributed by atoms with Crippen molar-refractivity contribution in [2.75, 3.05) is 12.4 Å². The number of fused-ring (bicyclic) bond motifs is 4. The second-order valence-corrected chi connectivity index (χ2v) is 5.91. The maximum atomic E-state index is 12.7. The van der Waals surface area contributed by atoms with Crippen molar-refractivity contribution in [2.24, 2.45) is 0 Å². The summed E-state index contributed by atoms with van der Waals surface area (Å²) in [5, 5.41) is 4.13. The predicted octanol–water partition coefficient (Wildman–Crippen LogP) is 4.25. The molecule has 2 aromatic carbocycles. The van der Waals surface area contributed by atoms with Gasteiger partial charge in [-0.3, -0.25) is 4.79 Å². The molecular weight excluding hydrogens is 328 g/mol. The van der Waals surface area contributed by atoms with Crippen LogP contribution < -0.4 is 5.32 Å². The van der Waals surface area contributed by atoms with Gasteiger partial charge in [-0.25, -0.2) is 4.98 Å². The zero-order valence-electron chi connectivity index (χ0n) is 11.3. The molecule has 102 valence electrons. The molecule has 0 amide bonds. The number of carbonyl (C=O) groups is 1. The first-order valence-corrected chi connectivity index (χ1v) is 7.45. The van der Waals surface area contributed by atoms with Crippen LogP contribution in [0.15, 0.2) is 46.9 Å². The SMILES string of the molecule is CNc1c2c(nc3ccc(Br)cc13)-c1ccccc1C2=O. The Morgan fingerprint density at radius 2 is 1.86 bits per heavy atom. The number of nitrogens with zero attached hydrogens (tertiary/aromatic N) is 1. The van der Waals surface area contributed by atoms with Gasteiger partial charge in [0.05, 0.1) is 22.5 Å². The Morgan fingerprint density at radius 3 is 2.62 bits per heavy atom. The topological polar surface area (TPSA) is 42.0 Å². The number of ketones is 1. The summed E-state index contributed by atoms with van der Waals surface area (Å²) in [5.41, 5.74) is 4.81. The van der Waals surface area contributed by atoms with Crippen LogP contribution in [0.25, 0.3) is 22.2 Å². The first-order chi connectivity index (χ1) is 10.2. The molecule has 0 bridgehead atoms. The number of halogens is 1. The van der Waals surface area contributed by atoms with E-state index in [1.54, 1.807) is 0 Å². The van der Waals surface area contributed by atoms with Crippen LogP contribution in [-0.2, 0) is 0 Å². The molecule has 0 fully saturated rings. The highest BCUT2D eigenvalue weighted by atomic mass is 79.9. The Hall–Kier alpha value is -2.20. The number of hydrogen-bond acceptors (Lipinski definition) is 3. The summed E-state index contributed by atoms with van der Waals surface area (Å²) < 4.78 is 0.969. The van der Waals surface area contributed by atoms with Gasteiger partial charge in [0.25, 0.3) is 0 Å². The first kappa shape index (κ1) is 12.5. The third-order valence-electron chi connectivity index (χ3n) is 3.85. The van der Waals surface area contributed by atoms with Crippen LogP contribution in [0.3, 0.4) is 0 Å². The molecule has 0 aliphatic heterocycles. The highest BCUT2D eigenvalue weighted by Gasteiger charge is 2.31. The van der Waals surface area contributed by atoms with Gasteiger partial charge in [0.15, 0.2) is 5.78 Å². The van der Waals surface area contributed by atoms with E-state index in [0.717, 1.165) is 37.9 Å². The van der Waals surface area contributed by atoms with Crippen molar-refractivity contribution in [3.05, 3.63) is 58.1 Å². The smallest absolute Gasteiger partial charge is 0.198 e. The van der Waals surface area contributed by atoms with E-state index >= 15 is 0 Å². The third kappa shape index (κ3) is 1.66. The highest BCUT2D eigenvalue weighted by Crippen LogP contribution is 2.42. The summed E-state index contributed by atoms with van der Waals surface area (Å²) in [7, 11) is 1.84. The quantitative estimate of drug-likeness (QED) is 0.564. The molecule has 1 N–H and O–H groups in total. The summed E-state index contributed by atoms with van der Waals surface area (Å²) in [6, 6.07) is 13.6. The first-order valence-electron chi connectivity index (χ1n) is 6.66. The molecular formula is C17H11BrN2O. The largest absolute Gasteiger partial charge is 0.387 e. The van der Waals surface area contributed by atoms with Crippen LogP contribution in [0.2, 0.25) is 0 Å². The second-order valence-electron chi connectivity index (χ2n) is 5.00. The van der Waals surface area contributed by atoms with Crippen molar-refractivity contribution < 1.29 is 4.79 Å². The Labute approximate surface area is 130 Å². The van der Waals surface area contributed by atoms with Gasteiger partial charge in [-0.05, 0) is 18.2 Å². The van der Waals surface area contributed by atoms with E-state index in [-0.39, 0.29) is 5.78 Å². The molecule has 21 heavy (non-hydrogen) atoms. The molecule has 0 saturated carbocycles. The molecule has 1 aliphatic carbocycles. The van der Waals surface area contributed by atoms with E-state index in [0.29, 0.717) is 5.56 Å². The van der Waals surface area contributed by atoms with Crippen LogP contribution in [0.4, 0.5) is 5.69 Å². The number of pyridine rings is 1. The summed E-state index contributed by atoms with van der Waals surface area (Å²) in [6.07, 6.45) is 0. The normalized spacial score (nSPS) is 12.4. The number of benzene rings is 2. The molecule has 0 radical (unpaired) electrons. The third-order valence-corrected chi connectivity index (χ3v) is 4.34. The average Bonchev–Trinajstić information content (AvgIpc) is 2.79. The van der Waals surface area contributed by atoms with Crippen LogP contribution in [0.5, 0.6) is 0 Å². The summed E-state index contributed by atoms with van der Waals surface area (Å²) in [6.45, 7) is 0. The summed E-state index contributed by atoms with van der Waals surface area (Å²) in [4.78, 5) is 17.4. The van der Waals surface area contributed by atoms with E-state index in [1.165, 1.54) is 0 Å². The molecule has 1 heterocycles. The lowest BCUT2D eigenvalue weighted by Crippen LogP contribution is -2.03. The number of carbonyl (C=O) groups excluding carboxylic acids is 1. The molecule has 1 aliphatic rings. The van der Waals surface area contributed by atoms with Gasteiger partial charge >= 0.3 is 0 Å². The lowest BCUT2D eigenvalue weighted by Gasteiger charge is -2.11. The molecule has 0 spiro atoms. The number of nitrogens with one attached hydrogen (secondary N) is 1. The average molecular weight is 339 g/mol. The standard InChI is InChI=1S/C17H11BrN2O/c1-19-15-12-8-9(18)6-7-13(12)20-16-10-4-2-3-5-11(10)17(21)14(15)16/h2-8H,1H3,(H,19,20). The highest BCUT2D eigenvalue weighted by molar-refractivity contribution is 9.10. The number of aromatic nitrogens is 1. The molecule has 1 aromatic heterocycles. The van der Waals surface area contributed by atoms with Crippen molar-refractivity contribution in [1.29, 1.82) is 0 Å². The van der Waals surface area contributed by atoms with Gasteiger partial charge in [0.2, 0.25) is 0 Å². The molecule has 0 atom stereocenters. The fourth-order valence-electron chi connectivity index (χ4n) is 2.93. The fraction of sp³-hybridized carbons (Fsp3) is 0.0588. The zero-order valence-corrected chi connectivity index (χ0v) is 12.9. The molecule has 4 heteroatoms. The lowest BCUT2D eigenvalue weighted by molar-refractivity contribution is 0.104. The van der Waals surface area contributed by atoms with Gasteiger partial charge in [-0.15, -0.1) is 0 Å². The Kier molecular flexibility index (Phi) is 2.62. The minimum Gasteiger partial charge on any atom is -0.387 e. The summed E-state index contributed by atoms with van der Waals surface area (Å²) >= 11 is 3.48. The molecule has 4 rings (SSSR count). The van der Waals surface area contributed by atoms with Crippen LogP contribution in [-0.4, -0.2) is 17.8 Å². The Morgan fingerprint density at radius 1 is 1.10 bits per heavy atom. The fourth-order valence-corrected chi connectivity index (χ4v) is 3.29. The van der Waals surface area contributed by atoms with E-state index in [2.05, 4.69) is 21.2 Å². The second kappa shape index (κ2) is 4.40. The minimum absolute atomic E-state index is 0.0410. The van der Waals surface area contributed by atoms with Crippen molar-refractivity contribution in [3.63, 3.8) is 0 Å². The maximum Gasteiger partial charge on any atom is 0.198 e. The Bertz CT molecular complexity index is 918. The van der Waals surface area contributed by atoms with Gasteiger partial charge in [-0.1, -0.05) is 40.2 Å². The van der Waals surface area contributed by atoms with Gasteiger partial charge < -0.3 is 5.32 Å². The number of anilines is 1. The predicted molar refractivity (Wildman–Crippen MR) is 87.9 cm³/mol. The lowest BCUT2D eigenvalue weighted by atomic mass is 10.1. The van der Waals surface area contributed by atoms with E-state index in [4.69, 9.17) is 4.98 Å². The van der Waals surface area contributed by atoms with Crippen LogP contribution in [0.1, 0.15) is 15.9 Å². The van der Waals surface area contributed by atoms with Gasteiger partial charge in [0.1, 0.15) is 0 Å².